The van der Waals surface area contributed by atoms with E-state index in [0.29, 0.717) is 43.2 Å². The summed E-state index contributed by atoms with van der Waals surface area (Å²) in [6.07, 6.45) is 2.83. The van der Waals surface area contributed by atoms with Crippen LogP contribution < -0.4 is 5.32 Å². The van der Waals surface area contributed by atoms with Crippen molar-refractivity contribution in [2.75, 3.05) is 24.2 Å². The van der Waals surface area contributed by atoms with E-state index in [2.05, 4.69) is 16.4 Å². The van der Waals surface area contributed by atoms with Crippen molar-refractivity contribution in [2.45, 2.75) is 43.7 Å². The predicted molar refractivity (Wildman–Crippen MR) is 96.0 cm³/mol. The molecule has 0 aromatic carbocycles. The number of rotatable bonds is 6. The lowest BCUT2D eigenvalue weighted by Gasteiger charge is -2.31. The lowest BCUT2D eigenvalue weighted by atomic mass is 9.96. The minimum Gasteiger partial charge on any atom is -0.343 e. The lowest BCUT2D eigenvalue weighted by Crippen LogP contribution is -2.41. The molecule has 2 heterocycles. The second kappa shape index (κ2) is 9.04. The molecule has 1 aliphatic rings. The first kappa shape index (κ1) is 18.7. The summed E-state index contributed by atoms with van der Waals surface area (Å²) >= 11 is 2.85. The van der Waals surface area contributed by atoms with Crippen LogP contribution in [0.1, 0.15) is 38.3 Å². The van der Waals surface area contributed by atoms with Gasteiger partial charge in [-0.3, -0.25) is 9.59 Å². The van der Waals surface area contributed by atoms with Crippen molar-refractivity contribution in [1.29, 1.82) is 5.26 Å². The number of thiazole rings is 1. The summed E-state index contributed by atoms with van der Waals surface area (Å²) in [6.45, 7) is 5.18. The Morgan fingerprint density at radius 3 is 2.79 bits per heavy atom. The van der Waals surface area contributed by atoms with Crippen LogP contribution in [0, 0.1) is 24.2 Å². The minimum absolute atomic E-state index is 0.0248. The van der Waals surface area contributed by atoms with E-state index in [1.807, 2.05) is 18.7 Å². The number of aromatic nitrogens is 1. The number of piperidine rings is 1. The zero-order valence-electron chi connectivity index (χ0n) is 14.0. The molecule has 1 aromatic rings. The molecule has 6 nitrogen and oxygen atoms in total. The second-order valence-corrected chi connectivity index (χ2v) is 7.98. The number of likely N-dealkylation sites (tertiary alicyclic amines) is 1. The molecule has 24 heavy (non-hydrogen) atoms. The van der Waals surface area contributed by atoms with Crippen molar-refractivity contribution in [3.63, 3.8) is 0 Å². The summed E-state index contributed by atoms with van der Waals surface area (Å²) in [4.78, 5) is 30.5. The number of nitriles is 1. The third-order valence-corrected chi connectivity index (χ3v) is 6.24. The number of nitrogens with one attached hydrogen (secondary N) is 1. The molecule has 0 radical (unpaired) electrons. The first-order valence-electron chi connectivity index (χ1n) is 8.11. The molecule has 0 saturated carbocycles. The average molecular weight is 367 g/mol. The van der Waals surface area contributed by atoms with E-state index < -0.39 is 0 Å². The summed E-state index contributed by atoms with van der Waals surface area (Å²) < 4.78 is 0.965. The van der Waals surface area contributed by atoms with Gasteiger partial charge in [-0.1, -0.05) is 30.0 Å². The van der Waals surface area contributed by atoms with Gasteiger partial charge in [0.2, 0.25) is 11.8 Å². The monoisotopic (exact) mass is 366 g/mol. The van der Waals surface area contributed by atoms with Gasteiger partial charge in [0, 0.05) is 25.4 Å². The molecule has 1 aromatic heterocycles. The Balaban J connectivity index is 1.86. The van der Waals surface area contributed by atoms with E-state index >= 15 is 0 Å². The third-order valence-electron chi connectivity index (χ3n) is 3.93. The number of anilines is 1. The predicted octanol–water partition coefficient (Wildman–Crippen LogP) is 3.04. The van der Waals surface area contributed by atoms with E-state index in [1.54, 1.807) is 0 Å². The normalized spacial score (nSPS) is 15.1. The summed E-state index contributed by atoms with van der Waals surface area (Å²) in [7, 11) is 0. The largest absolute Gasteiger partial charge is 0.343 e. The van der Waals surface area contributed by atoms with Gasteiger partial charge < -0.3 is 10.2 Å². The average Bonchev–Trinajstić information content (AvgIpc) is 2.92. The van der Waals surface area contributed by atoms with E-state index in [1.165, 1.54) is 23.1 Å². The zero-order valence-corrected chi connectivity index (χ0v) is 15.6. The Kier molecular flexibility index (Phi) is 7.06. The van der Waals surface area contributed by atoms with E-state index in [-0.39, 0.29) is 17.7 Å². The van der Waals surface area contributed by atoms with Crippen LogP contribution in [0.15, 0.2) is 4.21 Å². The van der Waals surface area contributed by atoms with Crippen LogP contribution >= 0.6 is 23.1 Å². The molecular formula is C16H22N4O2S2. The number of hydrogen-bond donors (Lipinski definition) is 1. The van der Waals surface area contributed by atoms with Crippen molar-refractivity contribution in [1.82, 2.24) is 9.88 Å². The van der Waals surface area contributed by atoms with Gasteiger partial charge in [-0.2, -0.15) is 5.26 Å². The fourth-order valence-electron chi connectivity index (χ4n) is 2.64. The Hall–Kier alpha value is -1.59. The van der Waals surface area contributed by atoms with Gasteiger partial charge in [0.25, 0.3) is 0 Å². The summed E-state index contributed by atoms with van der Waals surface area (Å²) in [5, 5.41) is 12.1. The number of carbonyl (C=O) groups is 2. The van der Waals surface area contributed by atoms with E-state index in [4.69, 9.17) is 5.26 Å². The summed E-state index contributed by atoms with van der Waals surface area (Å²) in [6, 6.07) is 2.09. The molecule has 2 rings (SSSR count). The van der Waals surface area contributed by atoms with Gasteiger partial charge in [-0.25, -0.2) is 4.98 Å². The van der Waals surface area contributed by atoms with Crippen LogP contribution in [0.4, 0.5) is 5.13 Å². The molecule has 0 atom stereocenters. The zero-order chi connectivity index (χ0) is 17.5. The number of thioether (sulfide) groups is 1. The van der Waals surface area contributed by atoms with Crippen LogP contribution in [0.3, 0.4) is 0 Å². The van der Waals surface area contributed by atoms with Gasteiger partial charge in [-0.15, -0.1) is 0 Å². The first-order valence-corrected chi connectivity index (χ1v) is 9.91. The van der Waals surface area contributed by atoms with Gasteiger partial charge >= 0.3 is 0 Å². The molecule has 0 bridgehead atoms. The summed E-state index contributed by atoms with van der Waals surface area (Å²) in [5.74, 6) is 0.463. The maximum atomic E-state index is 12.4. The molecule has 1 N–H and O–H groups in total. The highest BCUT2D eigenvalue weighted by Crippen LogP contribution is 2.32. The Bertz CT molecular complexity index is 631. The fourth-order valence-corrected chi connectivity index (χ4v) is 4.44. The highest BCUT2D eigenvalue weighted by molar-refractivity contribution is 8.01. The molecule has 0 spiro atoms. The van der Waals surface area contributed by atoms with E-state index in [0.717, 1.165) is 16.3 Å². The molecule has 8 heteroatoms. The number of nitrogens with zero attached hydrogens (tertiary/aromatic N) is 3. The molecule has 1 fully saturated rings. The van der Waals surface area contributed by atoms with Crippen molar-refractivity contribution >= 4 is 40.0 Å². The van der Waals surface area contributed by atoms with Crippen molar-refractivity contribution in [2.24, 2.45) is 5.92 Å². The Morgan fingerprint density at radius 1 is 1.46 bits per heavy atom. The molecule has 1 aliphatic heterocycles. The van der Waals surface area contributed by atoms with Crippen LogP contribution in [0.5, 0.6) is 0 Å². The van der Waals surface area contributed by atoms with Gasteiger partial charge in [0.1, 0.15) is 0 Å². The highest BCUT2D eigenvalue weighted by Gasteiger charge is 2.27. The molecule has 1 saturated heterocycles. The van der Waals surface area contributed by atoms with Crippen LogP contribution in [-0.2, 0) is 9.59 Å². The van der Waals surface area contributed by atoms with Crippen LogP contribution in [0.25, 0.3) is 0 Å². The smallest absolute Gasteiger partial charge is 0.229 e. The quantitative estimate of drug-likeness (QED) is 0.782. The minimum atomic E-state index is -0.0740. The van der Waals surface area contributed by atoms with Crippen LogP contribution in [0.2, 0.25) is 0 Å². The van der Waals surface area contributed by atoms with Crippen molar-refractivity contribution in [3.05, 3.63) is 5.69 Å². The number of amides is 2. The van der Waals surface area contributed by atoms with E-state index in [9.17, 15) is 9.59 Å². The maximum absolute atomic E-state index is 12.4. The Labute approximate surface area is 150 Å². The molecular weight excluding hydrogens is 344 g/mol. The number of carbonyl (C=O) groups excluding carboxylic acids is 2. The first-order chi connectivity index (χ1) is 11.5. The number of hydrogen-bond acceptors (Lipinski definition) is 6. The summed E-state index contributed by atoms with van der Waals surface area (Å²) in [5.41, 5.74) is 0.843. The van der Waals surface area contributed by atoms with Crippen molar-refractivity contribution in [3.8, 4) is 6.07 Å². The maximum Gasteiger partial charge on any atom is 0.229 e. The second-order valence-electron chi connectivity index (χ2n) is 5.73. The highest BCUT2D eigenvalue weighted by atomic mass is 32.2. The van der Waals surface area contributed by atoms with Gasteiger partial charge in [0.05, 0.1) is 21.7 Å². The van der Waals surface area contributed by atoms with Crippen molar-refractivity contribution < 1.29 is 9.59 Å². The molecule has 0 aliphatic carbocycles. The fraction of sp³-hybridized carbons (Fsp3) is 0.625. The molecule has 2 amide bonds. The number of aryl methyl sites for hydroxylation is 1. The SMILES string of the molecule is CCCC(=O)N1CCC(C(=O)Nc2nc(C)c(SCC#N)s2)CC1. The molecule has 0 unspecified atom stereocenters. The lowest BCUT2D eigenvalue weighted by molar-refractivity contribution is -0.134. The van der Waals surface area contributed by atoms with Gasteiger partial charge in [-0.05, 0) is 26.2 Å². The third kappa shape index (κ3) is 4.95. The Morgan fingerprint density at radius 2 is 2.17 bits per heavy atom. The molecule has 130 valence electrons. The van der Waals surface area contributed by atoms with Gasteiger partial charge in [0.15, 0.2) is 5.13 Å². The standard InChI is InChI=1S/C16H22N4O2S2/c1-3-4-13(21)20-8-5-12(6-9-20)14(22)19-16-18-11(2)15(24-16)23-10-7-17/h12H,3-6,8-10H2,1-2H3,(H,18,19,22). The van der Waals surface area contributed by atoms with Crippen LogP contribution in [-0.4, -0.2) is 40.5 Å². The topological polar surface area (TPSA) is 86.1 Å².